The molecular formula is C10H8N2. The van der Waals surface area contributed by atoms with Gasteiger partial charge >= 0.3 is 0 Å². The predicted octanol–water partition coefficient (Wildman–Crippen LogP) is 0.582. The second-order valence-electron chi connectivity index (χ2n) is 2.99. The Balaban J connectivity index is 2.73. The van der Waals surface area contributed by atoms with E-state index in [1.54, 1.807) is 0 Å². The maximum Gasteiger partial charge on any atom is 0.0888 e. The molecule has 0 spiro atoms. The minimum absolute atomic E-state index is 0.827. The molecule has 0 unspecified atom stereocenters. The third kappa shape index (κ3) is 0.619. The van der Waals surface area contributed by atoms with Crippen LogP contribution in [0, 0.1) is 0 Å². The number of aromatic nitrogens is 1. The first kappa shape index (κ1) is 6.00. The molecule has 2 aromatic rings. The summed E-state index contributed by atoms with van der Waals surface area (Å²) in [5, 5.41) is 3.62. The lowest BCUT2D eigenvalue weighted by atomic mass is 10.2. The van der Waals surface area contributed by atoms with E-state index in [-0.39, 0.29) is 0 Å². The molecule has 1 aromatic heterocycles. The summed E-state index contributed by atoms with van der Waals surface area (Å²) in [6.07, 6.45) is 4.11. The first-order valence-electron chi connectivity index (χ1n) is 4.06. The molecule has 0 saturated heterocycles. The molecule has 2 heteroatoms. The summed E-state index contributed by atoms with van der Waals surface area (Å²) in [6.45, 7) is 0.827. The average Bonchev–Trinajstić information content (AvgIpc) is 2.71. The molecular weight excluding hydrogens is 148 g/mol. The van der Waals surface area contributed by atoms with Crippen LogP contribution < -0.4 is 10.6 Å². The summed E-state index contributed by atoms with van der Waals surface area (Å²) in [6, 6.07) is 6.33. The zero-order valence-electron chi connectivity index (χ0n) is 6.54. The Morgan fingerprint density at radius 1 is 1.25 bits per heavy atom. The summed E-state index contributed by atoms with van der Waals surface area (Å²) in [7, 11) is 0. The molecule has 0 amide bonds. The first-order chi connectivity index (χ1) is 5.95. The maximum atomic E-state index is 4.41. The van der Waals surface area contributed by atoms with Crippen LogP contribution in [0.25, 0.3) is 17.0 Å². The number of nitrogens with one attached hydrogen (secondary N) is 1. The highest BCUT2D eigenvalue weighted by Gasteiger charge is 2.00. The molecule has 2 heterocycles. The van der Waals surface area contributed by atoms with E-state index in [0.717, 1.165) is 11.9 Å². The van der Waals surface area contributed by atoms with Crippen LogP contribution in [-0.2, 0) is 0 Å². The standard InChI is InChI=1S/C10H8N2/c1-2-8-4-6-12-10(8)9-7(1)3-5-11-9/h1-5,11H,6H2. The lowest BCUT2D eigenvalue weighted by Crippen LogP contribution is -2.21. The molecule has 1 aromatic carbocycles. The van der Waals surface area contributed by atoms with E-state index in [1.165, 1.54) is 16.1 Å². The number of nitrogens with zero attached hydrogens (tertiary/aromatic N) is 1. The fourth-order valence-electron chi connectivity index (χ4n) is 1.70. The average molecular weight is 156 g/mol. The first-order valence-corrected chi connectivity index (χ1v) is 4.06. The van der Waals surface area contributed by atoms with Gasteiger partial charge in [0.05, 0.1) is 17.4 Å². The van der Waals surface area contributed by atoms with Gasteiger partial charge in [0.25, 0.3) is 0 Å². The van der Waals surface area contributed by atoms with Gasteiger partial charge < -0.3 is 4.98 Å². The Morgan fingerprint density at radius 3 is 3.25 bits per heavy atom. The Bertz CT molecular complexity index is 549. The highest BCUT2D eigenvalue weighted by atomic mass is 14.8. The highest BCUT2D eigenvalue weighted by molar-refractivity contribution is 5.79. The number of benzene rings is 1. The van der Waals surface area contributed by atoms with Gasteiger partial charge in [-0.1, -0.05) is 18.2 Å². The van der Waals surface area contributed by atoms with Gasteiger partial charge in [-0.25, -0.2) is 0 Å². The molecule has 1 N–H and O–H groups in total. The summed E-state index contributed by atoms with van der Waals surface area (Å²) in [5.74, 6) is 0. The van der Waals surface area contributed by atoms with E-state index in [1.807, 2.05) is 6.20 Å². The van der Waals surface area contributed by atoms with E-state index in [4.69, 9.17) is 0 Å². The van der Waals surface area contributed by atoms with Crippen molar-refractivity contribution in [1.82, 2.24) is 4.98 Å². The van der Waals surface area contributed by atoms with Crippen molar-refractivity contribution in [1.29, 1.82) is 0 Å². The zero-order chi connectivity index (χ0) is 7.97. The minimum Gasteiger partial charge on any atom is -0.359 e. The van der Waals surface area contributed by atoms with Crippen molar-refractivity contribution in [2.45, 2.75) is 0 Å². The molecule has 2 nitrogen and oxygen atoms in total. The van der Waals surface area contributed by atoms with Crippen molar-refractivity contribution in [3.8, 4) is 0 Å². The predicted molar refractivity (Wildman–Crippen MR) is 48.4 cm³/mol. The molecule has 0 saturated carbocycles. The van der Waals surface area contributed by atoms with E-state index < -0.39 is 0 Å². The van der Waals surface area contributed by atoms with Crippen molar-refractivity contribution in [2.75, 3.05) is 6.54 Å². The van der Waals surface area contributed by atoms with E-state index in [9.17, 15) is 0 Å². The Hall–Kier alpha value is -1.57. The fraction of sp³-hybridized carbons (Fsp3) is 0.100. The van der Waals surface area contributed by atoms with Gasteiger partial charge in [0.1, 0.15) is 0 Å². The number of aromatic amines is 1. The Labute approximate surface area is 69.3 Å². The molecule has 12 heavy (non-hydrogen) atoms. The monoisotopic (exact) mass is 156 g/mol. The van der Waals surface area contributed by atoms with Crippen LogP contribution in [0.3, 0.4) is 0 Å². The van der Waals surface area contributed by atoms with E-state index in [0.29, 0.717) is 0 Å². The van der Waals surface area contributed by atoms with Crippen molar-refractivity contribution in [2.24, 2.45) is 4.99 Å². The van der Waals surface area contributed by atoms with E-state index in [2.05, 4.69) is 34.3 Å². The summed E-state index contributed by atoms with van der Waals surface area (Å²) >= 11 is 0. The molecule has 3 rings (SSSR count). The number of fused-ring (bicyclic) bond motifs is 3. The summed E-state index contributed by atoms with van der Waals surface area (Å²) < 4.78 is 0. The maximum absolute atomic E-state index is 4.41. The normalized spacial score (nSPS) is 14.0. The Kier molecular flexibility index (Phi) is 0.987. The highest BCUT2D eigenvalue weighted by Crippen LogP contribution is 2.04. The second-order valence-corrected chi connectivity index (χ2v) is 2.99. The quantitative estimate of drug-likeness (QED) is 0.578. The van der Waals surface area contributed by atoms with Crippen molar-refractivity contribution >= 4 is 17.0 Å². The molecule has 1 aliphatic rings. The second kappa shape index (κ2) is 1.97. The van der Waals surface area contributed by atoms with E-state index >= 15 is 0 Å². The smallest absolute Gasteiger partial charge is 0.0888 e. The molecule has 0 radical (unpaired) electrons. The van der Waals surface area contributed by atoms with Gasteiger partial charge in [0.15, 0.2) is 0 Å². The van der Waals surface area contributed by atoms with Crippen LogP contribution in [0.15, 0.2) is 29.4 Å². The van der Waals surface area contributed by atoms with Gasteiger partial charge in [-0.05, 0) is 11.3 Å². The largest absolute Gasteiger partial charge is 0.359 e. The van der Waals surface area contributed by atoms with Gasteiger partial charge in [-0.2, -0.15) is 0 Å². The van der Waals surface area contributed by atoms with Crippen molar-refractivity contribution in [3.05, 3.63) is 35.0 Å². The fourth-order valence-corrected chi connectivity index (χ4v) is 1.70. The lowest BCUT2D eigenvalue weighted by Gasteiger charge is -1.87. The van der Waals surface area contributed by atoms with Crippen molar-refractivity contribution < 1.29 is 0 Å². The van der Waals surface area contributed by atoms with Crippen LogP contribution >= 0.6 is 0 Å². The molecule has 0 atom stereocenters. The van der Waals surface area contributed by atoms with Gasteiger partial charge in [-0.15, -0.1) is 0 Å². The number of hydrogen-bond donors (Lipinski definition) is 1. The number of H-pyrrole nitrogens is 1. The molecule has 0 bridgehead atoms. The zero-order valence-corrected chi connectivity index (χ0v) is 6.54. The summed E-state index contributed by atoms with van der Waals surface area (Å²) in [4.78, 5) is 7.62. The van der Waals surface area contributed by atoms with Crippen LogP contribution in [0.2, 0.25) is 0 Å². The van der Waals surface area contributed by atoms with Crippen molar-refractivity contribution in [3.63, 3.8) is 0 Å². The Morgan fingerprint density at radius 2 is 2.25 bits per heavy atom. The van der Waals surface area contributed by atoms with Gasteiger partial charge in [0, 0.05) is 11.6 Å². The van der Waals surface area contributed by atoms with Crippen LogP contribution in [-0.4, -0.2) is 11.5 Å². The molecule has 1 aliphatic heterocycles. The molecule has 0 fully saturated rings. The molecule has 58 valence electrons. The topological polar surface area (TPSA) is 28.1 Å². The number of rotatable bonds is 0. The summed E-state index contributed by atoms with van der Waals surface area (Å²) in [5.41, 5.74) is 1.17. The van der Waals surface area contributed by atoms with Crippen LogP contribution in [0.4, 0.5) is 0 Å². The van der Waals surface area contributed by atoms with Gasteiger partial charge in [0.2, 0.25) is 0 Å². The van der Waals surface area contributed by atoms with Crippen LogP contribution in [0.1, 0.15) is 0 Å². The SMILES string of the molecule is C1=c2ccc3cc[nH]c3c2=NC1. The van der Waals surface area contributed by atoms with Crippen LogP contribution in [0.5, 0.6) is 0 Å². The minimum atomic E-state index is 0.827. The third-order valence-corrected chi connectivity index (χ3v) is 2.29. The lowest BCUT2D eigenvalue weighted by molar-refractivity contribution is 1.23. The third-order valence-electron chi connectivity index (χ3n) is 2.29. The van der Waals surface area contributed by atoms with Gasteiger partial charge in [-0.3, -0.25) is 4.99 Å². The molecule has 0 aliphatic carbocycles. The number of hydrogen-bond acceptors (Lipinski definition) is 1.